The normalized spacial score (nSPS) is 48.2. The SMILES string of the molecule is CC(=O)O[C@@H]1OC[C@@]23[C@H](C[C@H](OC(C)=O)C(C)(C)[C@@H]12)OC(=O)[C@@]12C[C@@H](CC[C@H]13)[C@@H](C)C2=O. The highest BCUT2D eigenvalue weighted by atomic mass is 16.7. The van der Waals surface area contributed by atoms with Crippen molar-refractivity contribution in [3.05, 3.63) is 0 Å². The zero-order chi connectivity index (χ0) is 23.2. The number of fused-ring (bicyclic) bond motifs is 1. The zero-order valence-electron chi connectivity index (χ0n) is 19.3. The molecule has 3 aliphatic carbocycles. The van der Waals surface area contributed by atoms with Gasteiger partial charge in [-0.2, -0.15) is 0 Å². The van der Waals surface area contributed by atoms with Gasteiger partial charge in [-0.15, -0.1) is 0 Å². The number of hydrogen-bond acceptors (Lipinski definition) is 8. The van der Waals surface area contributed by atoms with E-state index in [-0.39, 0.29) is 30.1 Å². The topological polar surface area (TPSA) is 105 Å². The van der Waals surface area contributed by atoms with Crippen LogP contribution in [0.15, 0.2) is 0 Å². The van der Waals surface area contributed by atoms with Crippen molar-refractivity contribution in [2.24, 2.45) is 39.9 Å². The van der Waals surface area contributed by atoms with Crippen molar-refractivity contribution in [2.75, 3.05) is 6.61 Å². The highest BCUT2D eigenvalue weighted by Crippen LogP contribution is 2.71. The second-order valence-electron chi connectivity index (χ2n) is 11.1. The van der Waals surface area contributed by atoms with Gasteiger partial charge in [-0.3, -0.25) is 19.2 Å². The van der Waals surface area contributed by atoms with Crippen LogP contribution >= 0.6 is 0 Å². The molecule has 2 aliphatic heterocycles. The van der Waals surface area contributed by atoms with Gasteiger partial charge in [-0.1, -0.05) is 20.8 Å². The van der Waals surface area contributed by atoms with Crippen LogP contribution < -0.4 is 0 Å². The van der Waals surface area contributed by atoms with Gasteiger partial charge in [0.05, 0.1) is 6.61 Å². The molecule has 0 aromatic carbocycles. The fourth-order valence-corrected chi connectivity index (χ4v) is 8.18. The molecule has 0 aromatic rings. The molecule has 5 aliphatic rings. The van der Waals surface area contributed by atoms with E-state index in [1.807, 2.05) is 20.8 Å². The number of ether oxygens (including phenoxy) is 4. The molecule has 0 N–H and O–H groups in total. The van der Waals surface area contributed by atoms with Crippen molar-refractivity contribution >= 4 is 23.7 Å². The summed E-state index contributed by atoms with van der Waals surface area (Å²) in [5.41, 5.74) is -2.47. The van der Waals surface area contributed by atoms with Gasteiger partial charge in [0.1, 0.15) is 17.6 Å². The number of hydrogen-bond donors (Lipinski definition) is 0. The Balaban J connectivity index is 1.66. The summed E-state index contributed by atoms with van der Waals surface area (Å²) in [6.45, 7) is 8.83. The van der Waals surface area contributed by atoms with Crippen LogP contribution in [0.25, 0.3) is 0 Å². The molecule has 8 nitrogen and oxygen atoms in total. The van der Waals surface area contributed by atoms with Gasteiger partial charge in [0, 0.05) is 42.9 Å². The van der Waals surface area contributed by atoms with Crippen molar-refractivity contribution in [3.63, 3.8) is 0 Å². The van der Waals surface area contributed by atoms with E-state index in [0.717, 1.165) is 12.8 Å². The predicted octanol–water partition coefficient (Wildman–Crippen LogP) is 2.42. The van der Waals surface area contributed by atoms with E-state index < -0.39 is 58.6 Å². The van der Waals surface area contributed by atoms with Gasteiger partial charge in [0.15, 0.2) is 5.78 Å². The molecule has 2 heterocycles. The first-order valence-electron chi connectivity index (χ1n) is 11.7. The molecule has 0 unspecified atom stereocenters. The van der Waals surface area contributed by atoms with E-state index >= 15 is 0 Å². The van der Waals surface area contributed by atoms with Crippen molar-refractivity contribution in [1.29, 1.82) is 0 Å². The summed E-state index contributed by atoms with van der Waals surface area (Å²) in [6.07, 6.45) is 0.485. The Kier molecular flexibility index (Phi) is 4.63. The van der Waals surface area contributed by atoms with Gasteiger partial charge in [-0.25, -0.2) is 0 Å². The minimum Gasteiger partial charge on any atom is -0.462 e. The van der Waals surface area contributed by atoms with Gasteiger partial charge in [-0.05, 0) is 31.1 Å². The van der Waals surface area contributed by atoms with E-state index in [1.54, 1.807) is 0 Å². The van der Waals surface area contributed by atoms with Crippen molar-refractivity contribution in [3.8, 4) is 0 Å². The second kappa shape index (κ2) is 6.78. The first-order chi connectivity index (χ1) is 15.0. The van der Waals surface area contributed by atoms with Gasteiger partial charge < -0.3 is 18.9 Å². The maximum absolute atomic E-state index is 13.5. The minimum atomic E-state index is -1.16. The number of esters is 3. The Morgan fingerprint density at radius 1 is 1.06 bits per heavy atom. The lowest BCUT2D eigenvalue weighted by Crippen LogP contribution is -2.70. The van der Waals surface area contributed by atoms with Gasteiger partial charge >= 0.3 is 17.9 Å². The average molecular weight is 449 g/mol. The lowest BCUT2D eigenvalue weighted by atomic mass is 9.43. The van der Waals surface area contributed by atoms with E-state index in [1.165, 1.54) is 13.8 Å². The standard InChI is InChI=1S/C24H32O8/c1-11-14-6-7-15-23(9-14,19(11)27)21(28)32-17-8-16(30-12(2)25)22(4,5)18-20(31-13(3)26)29-10-24(15,17)18/h11,14-18,20H,6-10H2,1-5H3/t11-,14-,15-,16+,17+,18-,20+,23+,24-/m1/s1. The molecule has 3 saturated carbocycles. The molecule has 8 heteroatoms. The third kappa shape index (κ3) is 2.53. The van der Waals surface area contributed by atoms with Crippen molar-refractivity contribution in [1.82, 2.24) is 0 Å². The Morgan fingerprint density at radius 3 is 2.41 bits per heavy atom. The molecule has 0 radical (unpaired) electrons. The first-order valence-corrected chi connectivity index (χ1v) is 11.7. The Morgan fingerprint density at radius 2 is 1.75 bits per heavy atom. The molecular formula is C24H32O8. The van der Waals surface area contributed by atoms with E-state index in [9.17, 15) is 19.2 Å². The number of carbonyl (C=O) groups excluding carboxylic acids is 4. The Hall–Kier alpha value is -1.96. The van der Waals surface area contributed by atoms with Crippen molar-refractivity contribution < 1.29 is 38.1 Å². The third-order valence-electron chi connectivity index (χ3n) is 9.43. The van der Waals surface area contributed by atoms with Crippen LogP contribution in [0, 0.1) is 39.9 Å². The van der Waals surface area contributed by atoms with E-state index in [2.05, 4.69) is 0 Å². The fraction of sp³-hybridized carbons (Fsp3) is 0.833. The molecule has 0 amide bonds. The zero-order valence-corrected chi connectivity index (χ0v) is 19.3. The maximum Gasteiger partial charge on any atom is 0.320 e. The molecule has 2 spiro atoms. The van der Waals surface area contributed by atoms with Crippen LogP contribution in [0.5, 0.6) is 0 Å². The van der Waals surface area contributed by atoms with Crippen LogP contribution in [0.1, 0.15) is 60.3 Å². The highest BCUT2D eigenvalue weighted by molar-refractivity contribution is 6.07. The Labute approximate surface area is 187 Å². The lowest BCUT2D eigenvalue weighted by molar-refractivity contribution is -0.258. The fourth-order valence-electron chi connectivity index (χ4n) is 8.18. The molecule has 5 fully saturated rings. The summed E-state index contributed by atoms with van der Waals surface area (Å²) >= 11 is 0. The number of carbonyl (C=O) groups is 4. The molecule has 5 rings (SSSR count). The molecule has 32 heavy (non-hydrogen) atoms. The Bertz CT molecular complexity index is 894. The van der Waals surface area contributed by atoms with E-state index in [0.29, 0.717) is 12.8 Å². The molecule has 9 atom stereocenters. The van der Waals surface area contributed by atoms with Crippen LogP contribution in [0.4, 0.5) is 0 Å². The molecule has 2 saturated heterocycles. The third-order valence-corrected chi connectivity index (χ3v) is 9.43. The van der Waals surface area contributed by atoms with Crippen molar-refractivity contribution in [2.45, 2.75) is 78.8 Å². The number of ketones is 1. The summed E-state index contributed by atoms with van der Waals surface area (Å²) in [4.78, 5) is 50.8. The largest absolute Gasteiger partial charge is 0.462 e. The molecule has 2 bridgehead atoms. The quantitative estimate of drug-likeness (QED) is 0.360. The molecular weight excluding hydrogens is 416 g/mol. The first kappa shape index (κ1) is 21.9. The van der Waals surface area contributed by atoms with Crippen LogP contribution in [0.3, 0.4) is 0 Å². The van der Waals surface area contributed by atoms with Crippen LogP contribution in [0.2, 0.25) is 0 Å². The van der Waals surface area contributed by atoms with Gasteiger partial charge in [0.25, 0.3) is 0 Å². The molecule has 176 valence electrons. The lowest BCUT2D eigenvalue weighted by Gasteiger charge is -2.63. The summed E-state index contributed by atoms with van der Waals surface area (Å²) in [7, 11) is 0. The predicted molar refractivity (Wildman–Crippen MR) is 109 cm³/mol. The second-order valence-corrected chi connectivity index (χ2v) is 11.1. The maximum atomic E-state index is 13.5. The summed E-state index contributed by atoms with van der Waals surface area (Å²) in [5.74, 6) is -1.96. The van der Waals surface area contributed by atoms with Crippen LogP contribution in [-0.4, -0.2) is 48.8 Å². The number of Topliss-reactive ketones (excluding diaryl/α,β-unsaturated/α-hetero) is 1. The smallest absolute Gasteiger partial charge is 0.320 e. The summed E-state index contributed by atoms with van der Waals surface area (Å²) in [6, 6.07) is 0. The summed E-state index contributed by atoms with van der Waals surface area (Å²) < 4.78 is 23.5. The minimum absolute atomic E-state index is 0.0163. The van der Waals surface area contributed by atoms with Crippen LogP contribution in [-0.2, 0) is 38.1 Å². The summed E-state index contributed by atoms with van der Waals surface area (Å²) in [5, 5.41) is 0. The highest BCUT2D eigenvalue weighted by Gasteiger charge is 2.79. The van der Waals surface area contributed by atoms with Gasteiger partial charge in [0.2, 0.25) is 6.29 Å². The number of rotatable bonds is 2. The molecule has 0 aromatic heterocycles. The average Bonchev–Trinajstić information content (AvgIpc) is 3.16. The monoisotopic (exact) mass is 448 g/mol. The van der Waals surface area contributed by atoms with E-state index in [4.69, 9.17) is 18.9 Å².